The van der Waals surface area contributed by atoms with Crippen molar-refractivity contribution >= 4 is 21.8 Å². The molecule has 0 unspecified atom stereocenters. The maximum Gasteiger partial charge on any atom is 0.240 e. The highest BCUT2D eigenvalue weighted by atomic mass is 32.2. The summed E-state index contributed by atoms with van der Waals surface area (Å²) in [5.41, 5.74) is 2.48. The van der Waals surface area contributed by atoms with Gasteiger partial charge >= 0.3 is 0 Å². The van der Waals surface area contributed by atoms with Gasteiger partial charge in [-0.05, 0) is 61.1 Å². The highest BCUT2D eigenvalue weighted by Gasteiger charge is 2.17. The van der Waals surface area contributed by atoms with Gasteiger partial charge in [0.1, 0.15) is 5.76 Å². The smallest absolute Gasteiger partial charge is 0.240 e. The third-order valence-corrected chi connectivity index (χ3v) is 6.43. The Morgan fingerprint density at radius 2 is 1.96 bits per heavy atom. The van der Waals surface area contributed by atoms with E-state index < -0.39 is 10.0 Å². The Morgan fingerprint density at radius 1 is 1.13 bits per heavy atom. The lowest BCUT2D eigenvalue weighted by molar-refractivity contribution is 0.530. The average molecular weight is 351 g/mol. The fraction of sp³-hybridized carbons (Fsp3) is 0.412. The Balaban J connectivity index is 1.52. The molecule has 1 heterocycles. The number of hydrogen-bond donors (Lipinski definition) is 1. The van der Waals surface area contributed by atoms with E-state index in [4.69, 9.17) is 4.42 Å². The lowest BCUT2D eigenvalue weighted by Crippen LogP contribution is -2.26. The number of furan rings is 1. The van der Waals surface area contributed by atoms with Gasteiger partial charge in [-0.3, -0.25) is 0 Å². The summed E-state index contributed by atoms with van der Waals surface area (Å²) < 4.78 is 32.7. The first-order valence-electron chi connectivity index (χ1n) is 7.87. The third-order valence-electron chi connectivity index (χ3n) is 3.99. The Hall–Kier alpha value is -1.24. The van der Waals surface area contributed by atoms with Gasteiger partial charge in [0.05, 0.1) is 16.9 Å². The largest absolute Gasteiger partial charge is 0.468 e. The molecular weight excluding hydrogens is 330 g/mol. The second-order valence-electron chi connectivity index (χ2n) is 5.67. The first-order valence-corrected chi connectivity index (χ1v) is 10.5. The number of fused-ring (bicyclic) bond motifs is 1. The fourth-order valence-electron chi connectivity index (χ4n) is 2.78. The quantitative estimate of drug-likeness (QED) is 0.777. The molecule has 0 aliphatic heterocycles. The second-order valence-corrected chi connectivity index (χ2v) is 8.54. The first-order chi connectivity index (χ1) is 11.1. The van der Waals surface area contributed by atoms with Crippen LogP contribution in [0.25, 0.3) is 0 Å². The van der Waals surface area contributed by atoms with Crippen LogP contribution in [0.1, 0.15) is 29.7 Å². The molecule has 23 heavy (non-hydrogen) atoms. The topological polar surface area (TPSA) is 59.3 Å². The van der Waals surface area contributed by atoms with Crippen LogP contribution >= 0.6 is 11.8 Å². The Kier molecular flexibility index (Phi) is 5.46. The molecule has 6 heteroatoms. The monoisotopic (exact) mass is 351 g/mol. The summed E-state index contributed by atoms with van der Waals surface area (Å²) in [5.74, 6) is 2.38. The Labute approximate surface area is 141 Å². The predicted molar refractivity (Wildman–Crippen MR) is 93.1 cm³/mol. The van der Waals surface area contributed by atoms with E-state index in [-0.39, 0.29) is 0 Å². The summed E-state index contributed by atoms with van der Waals surface area (Å²) >= 11 is 1.65. The zero-order chi connectivity index (χ0) is 16.1. The lowest BCUT2D eigenvalue weighted by atomic mass is 9.92. The van der Waals surface area contributed by atoms with Crippen LogP contribution in [-0.4, -0.2) is 20.7 Å². The summed E-state index contributed by atoms with van der Waals surface area (Å²) in [6, 6.07) is 9.31. The van der Waals surface area contributed by atoms with Gasteiger partial charge in [0.15, 0.2) is 0 Å². The summed E-state index contributed by atoms with van der Waals surface area (Å²) in [5, 5.41) is 0. The SMILES string of the molecule is O=S(=O)(NCCSCc1ccco1)c1ccc2c(c1)CCCC2. The molecule has 1 aliphatic rings. The molecule has 1 aliphatic carbocycles. The number of hydrogen-bond acceptors (Lipinski definition) is 4. The molecule has 1 N–H and O–H groups in total. The van der Waals surface area contributed by atoms with Crippen LogP contribution in [0.5, 0.6) is 0 Å². The normalized spacial score (nSPS) is 14.6. The van der Waals surface area contributed by atoms with E-state index in [0.29, 0.717) is 17.2 Å². The van der Waals surface area contributed by atoms with Crippen molar-refractivity contribution in [3.63, 3.8) is 0 Å². The number of thioether (sulfide) groups is 1. The predicted octanol–water partition coefficient (Wildman–Crippen LogP) is 3.37. The highest BCUT2D eigenvalue weighted by molar-refractivity contribution is 7.98. The number of nitrogens with one attached hydrogen (secondary N) is 1. The molecule has 3 rings (SSSR count). The van der Waals surface area contributed by atoms with Crippen molar-refractivity contribution in [3.05, 3.63) is 53.5 Å². The Bertz CT molecular complexity index is 739. The molecule has 1 aromatic heterocycles. The van der Waals surface area contributed by atoms with E-state index in [9.17, 15) is 8.42 Å². The molecule has 0 saturated heterocycles. The molecule has 4 nitrogen and oxygen atoms in total. The third kappa shape index (κ3) is 4.40. The van der Waals surface area contributed by atoms with E-state index in [2.05, 4.69) is 4.72 Å². The first kappa shape index (κ1) is 16.6. The van der Waals surface area contributed by atoms with E-state index in [0.717, 1.165) is 30.8 Å². The zero-order valence-corrected chi connectivity index (χ0v) is 14.6. The van der Waals surface area contributed by atoms with Crippen LogP contribution in [0, 0.1) is 0 Å². The molecule has 0 amide bonds. The number of benzene rings is 1. The fourth-order valence-corrected chi connectivity index (χ4v) is 4.74. The van der Waals surface area contributed by atoms with Crippen molar-refractivity contribution in [1.82, 2.24) is 4.72 Å². The number of aryl methyl sites for hydroxylation is 2. The molecule has 1 aromatic carbocycles. The summed E-state index contributed by atoms with van der Waals surface area (Å²) in [4.78, 5) is 0.384. The summed E-state index contributed by atoms with van der Waals surface area (Å²) in [6.45, 7) is 0.421. The van der Waals surface area contributed by atoms with E-state index in [1.807, 2.05) is 24.3 Å². The molecule has 0 saturated carbocycles. The van der Waals surface area contributed by atoms with Crippen LogP contribution in [0.4, 0.5) is 0 Å². The van der Waals surface area contributed by atoms with Crippen LogP contribution in [0.2, 0.25) is 0 Å². The van der Waals surface area contributed by atoms with Gasteiger partial charge in [0.2, 0.25) is 10.0 Å². The van der Waals surface area contributed by atoms with Gasteiger partial charge in [-0.25, -0.2) is 13.1 Å². The molecule has 0 atom stereocenters. The van der Waals surface area contributed by atoms with E-state index in [1.54, 1.807) is 24.1 Å². The van der Waals surface area contributed by atoms with Gasteiger partial charge < -0.3 is 4.42 Å². The average Bonchev–Trinajstić information content (AvgIpc) is 3.07. The maximum atomic E-state index is 12.4. The van der Waals surface area contributed by atoms with E-state index in [1.165, 1.54) is 17.5 Å². The van der Waals surface area contributed by atoms with Crippen molar-refractivity contribution in [2.24, 2.45) is 0 Å². The molecule has 124 valence electrons. The molecule has 2 aromatic rings. The summed E-state index contributed by atoms with van der Waals surface area (Å²) in [7, 11) is -3.41. The van der Waals surface area contributed by atoms with Crippen molar-refractivity contribution in [3.8, 4) is 0 Å². The Morgan fingerprint density at radius 3 is 2.74 bits per heavy atom. The van der Waals surface area contributed by atoms with Crippen LogP contribution in [0.15, 0.2) is 45.9 Å². The molecule has 0 bridgehead atoms. The van der Waals surface area contributed by atoms with Crippen molar-refractivity contribution < 1.29 is 12.8 Å². The second kappa shape index (κ2) is 7.55. The number of sulfonamides is 1. The standard InChI is InChI=1S/C17H21NO3S2/c19-23(20,18-9-11-22-13-16-6-3-10-21-16)17-8-7-14-4-1-2-5-15(14)12-17/h3,6-8,10,12,18H,1-2,4-5,9,11,13H2. The van der Waals surface area contributed by atoms with Gasteiger partial charge in [-0.1, -0.05) is 6.07 Å². The molecule has 0 fully saturated rings. The zero-order valence-electron chi connectivity index (χ0n) is 13.0. The molecular formula is C17H21NO3S2. The van der Waals surface area contributed by atoms with Crippen molar-refractivity contribution in [2.75, 3.05) is 12.3 Å². The van der Waals surface area contributed by atoms with Crippen LogP contribution in [0.3, 0.4) is 0 Å². The minimum atomic E-state index is -3.41. The molecule has 0 spiro atoms. The van der Waals surface area contributed by atoms with Gasteiger partial charge in [-0.15, -0.1) is 0 Å². The maximum absolute atomic E-state index is 12.4. The van der Waals surface area contributed by atoms with Crippen molar-refractivity contribution in [2.45, 2.75) is 36.3 Å². The summed E-state index contributed by atoms with van der Waals surface area (Å²) in [6.07, 6.45) is 6.04. The lowest BCUT2D eigenvalue weighted by Gasteiger charge is -2.16. The number of rotatable bonds is 7. The van der Waals surface area contributed by atoms with Crippen molar-refractivity contribution in [1.29, 1.82) is 0 Å². The van der Waals surface area contributed by atoms with Crippen LogP contribution in [-0.2, 0) is 28.6 Å². The van der Waals surface area contributed by atoms with E-state index >= 15 is 0 Å². The van der Waals surface area contributed by atoms with Gasteiger partial charge in [0.25, 0.3) is 0 Å². The molecule has 0 radical (unpaired) electrons. The van der Waals surface area contributed by atoms with Gasteiger partial charge in [0, 0.05) is 12.3 Å². The minimum absolute atomic E-state index is 0.384. The van der Waals surface area contributed by atoms with Gasteiger partial charge in [-0.2, -0.15) is 11.8 Å². The minimum Gasteiger partial charge on any atom is -0.468 e. The highest BCUT2D eigenvalue weighted by Crippen LogP contribution is 2.24. The van der Waals surface area contributed by atoms with Crippen LogP contribution < -0.4 is 4.72 Å².